The molecule has 2 heterocycles. The zero-order valence-corrected chi connectivity index (χ0v) is 28.3. The lowest BCUT2D eigenvalue weighted by atomic mass is 9.61. The Morgan fingerprint density at radius 3 is 2.43 bits per heavy atom. The molecule has 0 aromatic heterocycles. The lowest BCUT2D eigenvalue weighted by Gasteiger charge is -2.46. The Hall–Kier alpha value is -3.59. The smallest absolute Gasteiger partial charge is 0.251 e. The summed E-state index contributed by atoms with van der Waals surface area (Å²) in [5.74, 6) is 1.60. The number of amidine groups is 1. The second kappa shape index (κ2) is 14.0. The molecule has 1 spiro atoms. The highest BCUT2D eigenvalue weighted by molar-refractivity contribution is 6.46. The summed E-state index contributed by atoms with van der Waals surface area (Å²) in [6, 6.07) is 14.3. The van der Waals surface area contributed by atoms with Gasteiger partial charge in [-0.25, -0.2) is 9.93 Å². The molecule has 3 atom stereocenters. The van der Waals surface area contributed by atoms with Crippen LogP contribution in [0.2, 0.25) is 0 Å². The lowest BCUT2D eigenvalue weighted by molar-refractivity contribution is -0.114. The first-order valence-electron chi connectivity index (χ1n) is 16.9. The fourth-order valence-corrected chi connectivity index (χ4v) is 7.67. The SMILES string of the molecule is CC(C)C1CCC2(CC1)N=C(c1cccc(F)c1)C(=O)CC(C(CCC(C)(C)C)c1ccc(C(=O)NCC3=NNNN3)cc1)C2C. The van der Waals surface area contributed by atoms with Gasteiger partial charge in [-0.2, -0.15) is 0 Å². The molecule has 2 aliphatic heterocycles. The number of hydrazone groups is 1. The zero-order chi connectivity index (χ0) is 33.1. The van der Waals surface area contributed by atoms with Crippen molar-refractivity contribution in [2.24, 2.45) is 39.2 Å². The molecule has 2 aromatic carbocycles. The number of hydrogen-bond acceptors (Lipinski definition) is 7. The maximum atomic E-state index is 14.4. The number of benzene rings is 2. The first-order chi connectivity index (χ1) is 21.8. The van der Waals surface area contributed by atoms with Crippen LogP contribution in [0.4, 0.5) is 4.39 Å². The third-order valence-corrected chi connectivity index (χ3v) is 10.6. The van der Waals surface area contributed by atoms with Crippen LogP contribution in [0.3, 0.4) is 0 Å². The molecule has 1 amide bonds. The number of rotatable bonds is 9. The lowest BCUT2D eigenvalue weighted by Crippen LogP contribution is -2.43. The van der Waals surface area contributed by atoms with Crippen molar-refractivity contribution in [3.05, 3.63) is 71.0 Å². The minimum Gasteiger partial charge on any atom is -0.345 e. The summed E-state index contributed by atoms with van der Waals surface area (Å²) in [7, 11) is 0. The Balaban J connectivity index is 1.48. The second-order valence-electron chi connectivity index (χ2n) is 15.2. The van der Waals surface area contributed by atoms with Crippen molar-refractivity contribution in [2.45, 2.75) is 97.9 Å². The highest BCUT2D eigenvalue weighted by Crippen LogP contribution is 2.51. The Bertz CT molecular complexity index is 1450. The molecule has 8 nitrogen and oxygen atoms in total. The third-order valence-electron chi connectivity index (χ3n) is 10.6. The van der Waals surface area contributed by atoms with Crippen LogP contribution in [0.25, 0.3) is 0 Å². The van der Waals surface area contributed by atoms with Gasteiger partial charge in [-0.05, 0) is 103 Å². The summed E-state index contributed by atoms with van der Waals surface area (Å²) >= 11 is 0. The standard InChI is InChI=1S/C37H51FN6O2/c1-23(2)25-14-18-37(19-15-25)24(3)31(21-32(45)34(40-37)28-8-7-9-29(38)20-28)30(16-17-36(4,5)6)26-10-12-27(13-11-26)35(46)39-22-33-41-43-44-42-33/h7-13,20,23-25,30-31,43-44H,14-19,21-22H2,1-6H3,(H,39,46)(H,41,42). The molecule has 0 saturated heterocycles. The Kier molecular flexibility index (Phi) is 10.3. The van der Waals surface area contributed by atoms with E-state index in [9.17, 15) is 14.0 Å². The van der Waals surface area contributed by atoms with Gasteiger partial charge >= 0.3 is 0 Å². The number of halogens is 1. The summed E-state index contributed by atoms with van der Waals surface area (Å²) in [5.41, 5.74) is 10.5. The van der Waals surface area contributed by atoms with E-state index in [-0.39, 0.29) is 52.8 Å². The molecule has 1 fully saturated rings. The van der Waals surface area contributed by atoms with E-state index >= 15 is 0 Å². The van der Waals surface area contributed by atoms with Gasteiger partial charge < -0.3 is 5.32 Å². The van der Waals surface area contributed by atoms with Crippen LogP contribution >= 0.6 is 0 Å². The molecule has 5 rings (SSSR count). The predicted octanol–water partition coefficient (Wildman–Crippen LogP) is 6.69. The number of nitrogens with zero attached hydrogens (tertiary/aromatic N) is 2. The summed E-state index contributed by atoms with van der Waals surface area (Å²) < 4.78 is 14.4. The number of hydrogen-bond donors (Lipinski definition) is 4. The van der Waals surface area contributed by atoms with Gasteiger partial charge in [0.15, 0.2) is 11.6 Å². The second-order valence-corrected chi connectivity index (χ2v) is 15.2. The van der Waals surface area contributed by atoms with Gasteiger partial charge in [0.2, 0.25) is 0 Å². The molecular weight excluding hydrogens is 579 g/mol. The van der Waals surface area contributed by atoms with Gasteiger partial charge in [0.25, 0.3) is 5.91 Å². The average Bonchev–Trinajstić information content (AvgIpc) is 3.52. The van der Waals surface area contributed by atoms with E-state index in [0.29, 0.717) is 40.9 Å². The van der Waals surface area contributed by atoms with E-state index in [2.05, 4.69) is 80.6 Å². The van der Waals surface area contributed by atoms with E-state index in [1.165, 1.54) is 12.1 Å². The number of carbonyl (C=O) groups is 2. The van der Waals surface area contributed by atoms with E-state index < -0.39 is 0 Å². The number of amides is 1. The molecule has 248 valence electrons. The molecule has 0 bridgehead atoms. The average molecular weight is 631 g/mol. The van der Waals surface area contributed by atoms with Crippen molar-refractivity contribution in [3.8, 4) is 0 Å². The van der Waals surface area contributed by atoms with Crippen LogP contribution in [0.1, 0.15) is 114 Å². The summed E-state index contributed by atoms with van der Waals surface area (Å²) in [6.07, 6.45) is 6.28. The number of Topliss-reactive ketones (excluding diaryl/α,β-unsaturated/α-hetero) is 1. The molecule has 3 unspecified atom stereocenters. The van der Waals surface area contributed by atoms with Crippen molar-refractivity contribution in [1.82, 2.24) is 21.8 Å². The van der Waals surface area contributed by atoms with Gasteiger partial charge in [0.1, 0.15) is 11.5 Å². The molecule has 9 heteroatoms. The van der Waals surface area contributed by atoms with Crippen LogP contribution < -0.4 is 21.8 Å². The molecule has 1 saturated carbocycles. The van der Waals surface area contributed by atoms with E-state index in [1.54, 1.807) is 6.07 Å². The Morgan fingerprint density at radius 1 is 1.11 bits per heavy atom. The Morgan fingerprint density at radius 2 is 1.83 bits per heavy atom. The topological polar surface area (TPSA) is 107 Å². The normalized spacial score (nSPS) is 25.7. The van der Waals surface area contributed by atoms with Gasteiger partial charge in [0, 0.05) is 17.5 Å². The number of hydrazine groups is 2. The van der Waals surface area contributed by atoms with Crippen LogP contribution in [0.5, 0.6) is 0 Å². The maximum absolute atomic E-state index is 14.4. The van der Waals surface area contributed by atoms with Crippen LogP contribution in [0, 0.1) is 34.9 Å². The van der Waals surface area contributed by atoms with Crippen molar-refractivity contribution in [2.75, 3.05) is 6.54 Å². The molecule has 2 aromatic rings. The largest absolute Gasteiger partial charge is 0.345 e. The zero-order valence-electron chi connectivity index (χ0n) is 28.3. The van der Waals surface area contributed by atoms with Gasteiger partial charge in [0.05, 0.1) is 12.1 Å². The molecular formula is C37H51FN6O2. The van der Waals surface area contributed by atoms with E-state index in [0.717, 1.165) is 44.1 Å². The monoisotopic (exact) mass is 630 g/mol. The number of carbonyl (C=O) groups excluding carboxylic acids is 2. The summed E-state index contributed by atoms with van der Waals surface area (Å²) in [6.45, 7) is 13.9. The van der Waals surface area contributed by atoms with Gasteiger partial charge in [-0.3, -0.25) is 20.0 Å². The quantitative estimate of drug-likeness (QED) is 0.247. The summed E-state index contributed by atoms with van der Waals surface area (Å²) in [5, 5.41) is 6.90. The predicted molar refractivity (Wildman–Crippen MR) is 182 cm³/mol. The highest BCUT2D eigenvalue weighted by atomic mass is 19.1. The van der Waals surface area contributed by atoms with Crippen LogP contribution in [-0.4, -0.2) is 35.3 Å². The Labute approximate surface area is 273 Å². The van der Waals surface area contributed by atoms with E-state index in [1.807, 2.05) is 18.2 Å². The minimum atomic E-state index is -0.385. The fraction of sp³-hybridized carbons (Fsp3) is 0.568. The number of ketones is 1. The van der Waals surface area contributed by atoms with Crippen molar-refractivity contribution < 1.29 is 14.0 Å². The number of aliphatic imine (C=N–C) groups is 1. The minimum absolute atomic E-state index is 0.00511. The number of nitrogens with one attached hydrogen (secondary N) is 4. The van der Waals surface area contributed by atoms with Crippen molar-refractivity contribution >= 4 is 23.2 Å². The van der Waals surface area contributed by atoms with Gasteiger partial charge in [-0.15, -0.1) is 10.6 Å². The first kappa shape index (κ1) is 33.8. The van der Waals surface area contributed by atoms with E-state index in [4.69, 9.17) is 4.99 Å². The molecule has 0 radical (unpaired) electrons. The molecule has 4 N–H and O–H groups in total. The fourth-order valence-electron chi connectivity index (χ4n) is 7.67. The molecule has 46 heavy (non-hydrogen) atoms. The first-order valence-corrected chi connectivity index (χ1v) is 16.9. The van der Waals surface area contributed by atoms with Crippen molar-refractivity contribution in [3.63, 3.8) is 0 Å². The van der Waals surface area contributed by atoms with Crippen molar-refractivity contribution in [1.29, 1.82) is 0 Å². The molecule has 3 aliphatic rings. The van der Waals surface area contributed by atoms with Crippen LogP contribution in [-0.2, 0) is 4.79 Å². The summed E-state index contributed by atoms with van der Waals surface area (Å²) in [4.78, 5) is 32.5. The molecule has 1 aliphatic carbocycles. The van der Waals surface area contributed by atoms with Crippen LogP contribution in [0.15, 0.2) is 58.6 Å². The maximum Gasteiger partial charge on any atom is 0.251 e. The highest BCUT2D eigenvalue weighted by Gasteiger charge is 2.48. The third kappa shape index (κ3) is 7.85. The van der Waals surface area contributed by atoms with Gasteiger partial charge in [-0.1, -0.05) is 65.8 Å².